The number of allylic oxidation sites excluding steroid dienone is 2. The van der Waals surface area contributed by atoms with Gasteiger partial charge in [0.15, 0.2) is 0 Å². The number of hydrogen-bond donors (Lipinski definition) is 23. The first-order chi connectivity index (χ1) is 64.3. The van der Waals surface area contributed by atoms with Crippen LogP contribution in [0.25, 0.3) is 0 Å². The van der Waals surface area contributed by atoms with Gasteiger partial charge in [-0.1, -0.05) is 156 Å². The molecule has 2 aliphatic heterocycles. The Hall–Kier alpha value is -11.3. The van der Waals surface area contributed by atoms with E-state index in [2.05, 4.69) is 90.4 Å². The quantitative estimate of drug-likeness (QED) is 0.0161. The van der Waals surface area contributed by atoms with Gasteiger partial charge >= 0.3 is 5.97 Å². The molecule has 0 bridgehead atoms. The predicted molar refractivity (Wildman–Crippen MR) is 505 cm³/mol. The molecule has 45 heteroatoms. The van der Waals surface area contributed by atoms with Crippen molar-refractivity contribution < 1.29 is 116 Å². The van der Waals surface area contributed by atoms with Crippen LogP contribution in [0.1, 0.15) is 248 Å². The molecule has 2 aliphatic rings. The number of esters is 1. The third-order valence-electron chi connectivity index (χ3n) is 23.1. The molecule has 2 fully saturated rings. The molecule has 2 heterocycles. The lowest BCUT2D eigenvalue weighted by atomic mass is 9.97. The number of primary amides is 1. The van der Waals surface area contributed by atoms with Gasteiger partial charge in [-0.25, -0.2) is 4.79 Å². The normalized spacial score (nSPS) is 19.7. The summed E-state index contributed by atoms with van der Waals surface area (Å²) in [5.74, 6) is -23.1. The largest absolute Gasteiger partial charge is 0.458 e. The molecule has 137 heavy (non-hydrogen) atoms. The van der Waals surface area contributed by atoms with Crippen LogP contribution in [0.4, 0.5) is 0 Å². The van der Waals surface area contributed by atoms with E-state index in [4.69, 9.17) is 21.9 Å². The van der Waals surface area contributed by atoms with Crippen molar-refractivity contribution in [2.75, 3.05) is 39.4 Å². The number of nitrogens with two attached hydrogens (primary N) is 3. The Morgan fingerprint density at radius 1 is 0.496 bits per heavy atom. The Morgan fingerprint density at radius 3 is 1.39 bits per heavy atom. The van der Waals surface area contributed by atoms with E-state index < -0.39 is 289 Å². The van der Waals surface area contributed by atoms with Crippen molar-refractivity contribution in [1.82, 2.24) is 95.3 Å². The summed E-state index contributed by atoms with van der Waals surface area (Å²) < 4.78 is 5.81. The van der Waals surface area contributed by atoms with Crippen LogP contribution in [0, 0.1) is 47.3 Å². The second-order valence-corrected chi connectivity index (χ2v) is 37.7. The third kappa shape index (κ3) is 41.9. The highest BCUT2D eigenvalue weighted by Gasteiger charge is 2.44. The standard InChI is InChI=1S/C92H159N21O24/c1-21-25-26-30-55(116)42-68(118)97-57(24-4)91(135)113-38-29-32-66(113)84(128)105-64(44-114)82(126)103-62(40-47(7)8)80(124)108-71(50(13)14)88(132)106-65(45-115)83(127)104-63(41-48(9)10)81(125)109-73(52(17)18)89(133)110-72(51(15)16)87(131)100-58(33-34-67(95)117)77(121)102-61(39-46(5)6)79(123)107-70(49(11)12)86(130)99-56(23-3)76(120)112-75-54(20)137-92(136)60(31-27-28-36-93)101-78(122)59(35-37-94)98-69(119)43-96-85(129)74(53(19)22-2)111-90(75)134/h23-24,46-55,58-66,70-75,114-116H,21-22,25-45,93-94H2,1-20H3,(H2,95,117)(H,96,129)(H,97,118)(H,98,119)(H,99,130)(H,100,131)(H,101,122)(H,102,121)(H,103,126)(H,104,127)(H,105,128)(H,106,132)(H,107,123)(H,108,124)(H,109,125)(H,110,133)(H,111,134)(H,112,120)/b56-23-,57-24+/t53?,54-,55?,58-,59-,60+,61+,62+,63-,64+,65+,66+,70-,71+,72+,73-,74+,75-/m1/s1. The van der Waals surface area contributed by atoms with E-state index in [9.17, 15) is 111 Å². The number of aliphatic hydroxyl groups is 3. The smallest absolute Gasteiger partial charge is 0.328 e. The van der Waals surface area contributed by atoms with Crippen LogP contribution in [0.3, 0.4) is 0 Å². The molecular weight excluding hydrogens is 1780 g/mol. The molecular formula is C92H159N21O24. The molecule has 0 aliphatic carbocycles. The average Bonchev–Trinajstić information content (AvgIpc) is 1.72. The lowest BCUT2D eigenvalue weighted by Crippen LogP contribution is -2.62. The lowest BCUT2D eigenvalue weighted by molar-refractivity contribution is -0.156. The zero-order valence-corrected chi connectivity index (χ0v) is 83.4. The molecule has 0 aromatic rings. The minimum absolute atomic E-state index is 0.0162. The fourth-order valence-electron chi connectivity index (χ4n) is 15.0. The summed E-state index contributed by atoms with van der Waals surface area (Å²) in [6.45, 7) is 29.8. The third-order valence-corrected chi connectivity index (χ3v) is 23.1. The number of carbonyl (C=O) groups is 20. The molecule has 0 aromatic carbocycles. The van der Waals surface area contributed by atoms with Crippen molar-refractivity contribution in [3.05, 3.63) is 23.5 Å². The van der Waals surface area contributed by atoms with Gasteiger partial charge in [0.05, 0.1) is 32.3 Å². The van der Waals surface area contributed by atoms with Crippen molar-refractivity contribution >= 4 is 118 Å². The van der Waals surface area contributed by atoms with Crippen molar-refractivity contribution in [3.8, 4) is 0 Å². The molecule has 0 saturated carbocycles. The number of carbonyl (C=O) groups excluding carboxylic acids is 20. The Labute approximate surface area is 803 Å². The average molecular weight is 1940 g/mol. The first-order valence-corrected chi connectivity index (χ1v) is 47.9. The maximum Gasteiger partial charge on any atom is 0.328 e. The van der Waals surface area contributed by atoms with Crippen LogP contribution in [0.2, 0.25) is 0 Å². The fourth-order valence-corrected chi connectivity index (χ4v) is 15.0. The summed E-state index contributed by atoms with van der Waals surface area (Å²) in [7, 11) is 0. The highest BCUT2D eigenvalue weighted by atomic mass is 16.5. The number of hydrogen-bond acceptors (Lipinski definition) is 26. The molecule has 26 N–H and O–H groups in total. The maximum absolute atomic E-state index is 14.6. The molecule has 19 amide bonds. The van der Waals surface area contributed by atoms with E-state index in [-0.39, 0.29) is 88.0 Å². The number of cyclic esters (lactones) is 1. The predicted octanol–water partition coefficient (Wildman–Crippen LogP) is -3.27. The molecule has 0 radical (unpaired) electrons. The summed E-state index contributed by atoms with van der Waals surface area (Å²) in [6, 6.07) is -22.4. The summed E-state index contributed by atoms with van der Waals surface area (Å²) in [6.07, 6.45) is 2.91. The molecule has 2 unspecified atom stereocenters. The molecule has 18 atom stereocenters. The van der Waals surface area contributed by atoms with E-state index in [1.54, 1.807) is 111 Å². The minimum Gasteiger partial charge on any atom is -0.458 e. The SMILES string of the molecule is C/C=C(\NC(=O)[C@H](NC(=O)[C@H](CC(C)C)NC(=O)[C@@H](CCC(N)=O)NC(=O)[C@@H](NC(=O)[C@H](NC(=O)[C@@H](CC(C)C)NC(=O)[C@H](CO)NC(=O)[C@@H](NC(=O)[C@H](CC(C)C)NC(=O)[C@H](CO)NC(=O)[C@@H]1CCCN1C(=O)/C(=C\C)NC(=O)CC(O)CCCCC)C(C)C)C(C)C)C(C)C)C(C)C)C(=O)N[C@H]1C(=O)N[C@@H](C(C)CC)C(=O)NCC(=O)N[C@H](CCN)C(=O)N[C@@H](CCCCN)C(=O)O[C@@H]1C. The molecule has 45 nitrogen and oxygen atoms in total. The number of unbranched alkanes of at least 4 members (excludes halogenated alkanes) is 3. The zero-order valence-electron chi connectivity index (χ0n) is 83.4. The first kappa shape index (κ1) is 122. The summed E-state index contributed by atoms with van der Waals surface area (Å²) in [4.78, 5) is 282. The van der Waals surface area contributed by atoms with Crippen LogP contribution in [0.15, 0.2) is 23.5 Å². The van der Waals surface area contributed by atoms with Gasteiger partial charge in [-0.15, -0.1) is 0 Å². The second-order valence-electron chi connectivity index (χ2n) is 37.7. The van der Waals surface area contributed by atoms with Crippen LogP contribution in [0.5, 0.6) is 0 Å². The topological polar surface area (TPSA) is 697 Å². The minimum atomic E-state index is -1.84. The summed E-state index contributed by atoms with van der Waals surface area (Å²) >= 11 is 0. The van der Waals surface area contributed by atoms with Gasteiger partial charge in [0.2, 0.25) is 100 Å². The van der Waals surface area contributed by atoms with Crippen LogP contribution in [-0.2, 0) is 101 Å². The van der Waals surface area contributed by atoms with E-state index >= 15 is 0 Å². The molecule has 0 spiro atoms. The Kier molecular flexibility index (Phi) is 54.9. The van der Waals surface area contributed by atoms with E-state index in [1.807, 2.05) is 6.92 Å². The molecule has 2 rings (SSSR count). The Bertz CT molecular complexity index is 4140. The summed E-state index contributed by atoms with van der Waals surface area (Å²) in [5.41, 5.74) is 16.5. The monoisotopic (exact) mass is 1940 g/mol. The number of ether oxygens (including phenoxy) is 1. The van der Waals surface area contributed by atoms with Gasteiger partial charge in [0, 0.05) is 13.0 Å². The van der Waals surface area contributed by atoms with Crippen molar-refractivity contribution in [1.29, 1.82) is 0 Å². The number of amides is 19. The van der Waals surface area contributed by atoms with E-state index in [0.717, 1.165) is 18.9 Å². The zero-order chi connectivity index (χ0) is 104. The van der Waals surface area contributed by atoms with Crippen molar-refractivity contribution in [2.45, 2.75) is 350 Å². The molecule has 2 saturated heterocycles. The number of aliphatic hydroxyl groups excluding tert-OH is 3. The van der Waals surface area contributed by atoms with E-state index in [1.165, 1.54) is 31.7 Å². The maximum atomic E-state index is 14.6. The molecule has 0 aromatic heterocycles. The number of nitrogens with one attached hydrogen (secondary N) is 17. The van der Waals surface area contributed by atoms with E-state index in [0.29, 0.717) is 38.5 Å². The Balaban J connectivity index is 2.43. The number of rotatable bonds is 55. The van der Waals surface area contributed by atoms with Gasteiger partial charge < -0.3 is 133 Å². The first-order valence-electron chi connectivity index (χ1n) is 47.9. The summed E-state index contributed by atoms with van der Waals surface area (Å²) in [5, 5.41) is 74.8. The van der Waals surface area contributed by atoms with Crippen molar-refractivity contribution in [3.63, 3.8) is 0 Å². The molecule has 776 valence electrons. The highest BCUT2D eigenvalue weighted by molar-refractivity contribution is 6.05. The Morgan fingerprint density at radius 2 is 0.949 bits per heavy atom. The van der Waals surface area contributed by atoms with Crippen LogP contribution >= 0.6 is 0 Å². The number of likely N-dealkylation sites (tertiary alicyclic amines) is 1. The number of nitrogens with zero attached hydrogens (tertiary/aromatic N) is 1. The van der Waals surface area contributed by atoms with Gasteiger partial charge in [-0.2, -0.15) is 0 Å². The van der Waals surface area contributed by atoms with Crippen LogP contribution < -0.4 is 108 Å². The van der Waals surface area contributed by atoms with Gasteiger partial charge in [0.1, 0.15) is 108 Å². The van der Waals surface area contributed by atoms with Crippen molar-refractivity contribution in [2.24, 2.45) is 64.5 Å². The van der Waals surface area contributed by atoms with Crippen LogP contribution in [-0.4, -0.2) is 281 Å². The van der Waals surface area contributed by atoms with Gasteiger partial charge in [-0.3, -0.25) is 91.1 Å². The fraction of sp³-hybridized carbons (Fsp3) is 0.739. The van der Waals surface area contributed by atoms with Gasteiger partial charge in [0.25, 0.3) is 11.8 Å². The van der Waals surface area contributed by atoms with Gasteiger partial charge in [-0.05, 0) is 152 Å². The lowest BCUT2D eigenvalue weighted by Gasteiger charge is -2.31. The highest BCUT2D eigenvalue weighted by Crippen LogP contribution is 2.23. The second kappa shape index (κ2) is 61.8.